The standard InChI is InChI=1S/C16H12F5NO2S/c1-23-13-9-7-11(8-10-13)14-16(25(17,18,19,20)21)15(24-22-14)12-5-3-2-4-6-12/h2-10H,1H3. The molecule has 0 spiro atoms. The number of benzene rings is 2. The molecule has 3 aromatic rings. The highest BCUT2D eigenvalue weighted by Crippen LogP contribution is 3.03. The summed E-state index contributed by atoms with van der Waals surface area (Å²) in [6.07, 6.45) is 0. The maximum absolute atomic E-state index is 13.7. The third-order valence-corrected chi connectivity index (χ3v) is 4.58. The van der Waals surface area contributed by atoms with Gasteiger partial charge in [-0.2, -0.15) is 0 Å². The van der Waals surface area contributed by atoms with Gasteiger partial charge >= 0.3 is 10.2 Å². The van der Waals surface area contributed by atoms with Crippen LogP contribution in [0.4, 0.5) is 19.4 Å². The van der Waals surface area contributed by atoms with Crippen molar-refractivity contribution in [3.05, 3.63) is 54.6 Å². The molecule has 0 N–H and O–H groups in total. The van der Waals surface area contributed by atoms with Crippen LogP contribution < -0.4 is 4.74 Å². The summed E-state index contributed by atoms with van der Waals surface area (Å²) in [7, 11) is -8.70. The molecule has 2 aromatic carbocycles. The molecule has 0 fully saturated rings. The number of halogens is 5. The Hall–Kier alpha value is -2.55. The van der Waals surface area contributed by atoms with Gasteiger partial charge < -0.3 is 9.26 Å². The summed E-state index contributed by atoms with van der Waals surface area (Å²) < 4.78 is 78.1. The molecule has 25 heavy (non-hydrogen) atoms. The Labute approximate surface area is 139 Å². The van der Waals surface area contributed by atoms with Crippen LogP contribution >= 0.6 is 10.2 Å². The van der Waals surface area contributed by atoms with Crippen LogP contribution in [-0.4, -0.2) is 12.3 Å². The molecule has 0 aliphatic rings. The zero-order valence-corrected chi connectivity index (χ0v) is 13.6. The van der Waals surface area contributed by atoms with Crippen LogP contribution in [0.5, 0.6) is 5.75 Å². The lowest BCUT2D eigenvalue weighted by Crippen LogP contribution is -2.08. The summed E-state index contributed by atoms with van der Waals surface area (Å²) in [6, 6.07) is 12.0. The molecule has 0 amide bonds. The van der Waals surface area contributed by atoms with E-state index in [-0.39, 0.29) is 11.1 Å². The van der Waals surface area contributed by atoms with E-state index >= 15 is 0 Å². The van der Waals surface area contributed by atoms with Gasteiger partial charge in [-0.1, -0.05) is 54.9 Å². The predicted molar refractivity (Wildman–Crippen MR) is 85.3 cm³/mol. The fourth-order valence-electron chi connectivity index (χ4n) is 2.35. The summed E-state index contributed by atoms with van der Waals surface area (Å²) in [6.45, 7) is 0. The average Bonchev–Trinajstić information content (AvgIpc) is 3.01. The molecule has 3 nitrogen and oxygen atoms in total. The molecule has 3 rings (SSSR count). The van der Waals surface area contributed by atoms with Gasteiger partial charge in [0.1, 0.15) is 11.4 Å². The third-order valence-electron chi connectivity index (χ3n) is 3.43. The maximum Gasteiger partial charge on any atom is 0.316 e. The normalized spacial score (nSPS) is 14.6. The van der Waals surface area contributed by atoms with E-state index in [1.165, 1.54) is 55.6 Å². The molecule has 0 saturated carbocycles. The highest BCUT2D eigenvalue weighted by atomic mass is 32.5. The molecule has 0 aliphatic carbocycles. The van der Waals surface area contributed by atoms with Crippen molar-refractivity contribution in [2.75, 3.05) is 7.11 Å². The minimum atomic E-state index is -10.1. The molecule has 9 heteroatoms. The largest absolute Gasteiger partial charge is 0.497 e. The number of hydrogen-bond acceptors (Lipinski definition) is 3. The Morgan fingerprint density at radius 2 is 1.44 bits per heavy atom. The number of methoxy groups -OCH3 is 1. The highest BCUT2D eigenvalue weighted by Gasteiger charge is 2.69. The van der Waals surface area contributed by atoms with E-state index in [4.69, 9.17) is 9.26 Å². The van der Waals surface area contributed by atoms with E-state index in [0.29, 0.717) is 5.75 Å². The van der Waals surface area contributed by atoms with E-state index in [2.05, 4.69) is 5.16 Å². The Morgan fingerprint density at radius 1 is 0.840 bits per heavy atom. The zero-order chi connectivity index (χ0) is 18.4. The Morgan fingerprint density at radius 3 is 1.96 bits per heavy atom. The molecular weight excluding hydrogens is 365 g/mol. The summed E-state index contributed by atoms with van der Waals surface area (Å²) in [5.74, 6) is -0.644. The van der Waals surface area contributed by atoms with Gasteiger partial charge in [0, 0.05) is 11.1 Å². The van der Waals surface area contributed by atoms with E-state index in [1.807, 2.05) is 0 Å². The quantitative estimate of drug-likeness (QED) is 0.476. The van der Waals surface area contributed by atoms with Gasteiger partial charge in [-0.3, -0.25) is 0 Å². The molecular formula is C16H12F5NO2S. The minimum absolute atomic E-state index is 0.141. The molecule has 0 aliphatic heterocycles. The van der Waals surface area contributed by atoms with Gasteiger partial charge in [-0.15, -0.1) is 0 Å². The van der Waals surface area contributed by atoms with Crippen molar-refractivity contribution in [3.8, 4) is 28.3 Å². The van der Waals surface area contributed by atoms with Crippen molar-refractivity contribution in [2.45, 2.75) is 4.90 Å². The monoisotopic (exact) mass is 377 g/mol. The van der Waals surface area contributed by atoms with Crippen molar-refractivity contribution >= 4 is 10.2 Å². The van der Waals surface area contributed by atoms with Gasteiger partial charge in [0.05, 0.1) is 7.11 Å². The molecule has 1 aromatic heterocycles. The fraction of sp³-hybridized carbons (Fsp3) is 0.0625. The smallest absolute Gasteiger partial charge is 0.316 e. The summed E-state index contributed by atoms with van der Waals surface area (Å²) >= 11 is 0. The average molecular weight is 377 g/mol. The number of hydrogen-bond donors (Lipinski definition) is 0. The Kier molecular flexibility index (Phi) is 3.44. The summed E-state index contributed by atoms with van der Waals surface area (Å²) in [5.41, 5.74) is -1.26. The Bertz CT molecular complexity index is 906. The lowest BCUT2D eigenvalue weighted by Gasteiger charge is -2.40. The van der Waals surface area contributed by atoms with Crippen molar-refractivity contribution in [1.29, 1.82) is 0 Å². The number of nitrogens with zero attached hydrogens (tertiary/aromatic N) is 1. The SMILES string of the molecule is COc1ccc(-c2noc(-c3ccccc3)c2S(F)(F)(F)(F)F)cc1. The topological polar surface area (TPSA) is 35.3 Å². The number of rotatable bonds is 4. The van der Waals surface area contributed by atoms with Crippen molar-refractivity contribution in [3.63, 3.8) is 0 Å². The van der Waals surface area contributed by atoms with Gasteiger partial charge in [0.2, 0.25) is 0 Å². The first-order valence-electron chi connectivity index (χ1n) is 6.93. The minimum Gasteiger partial charge on any atom is -0.497 e. The highest BCUT2D eigenvalue weighted by molar-refractivity contribution is 8.46. The van der Waals surface area contributed by atoms with Gasteiger partial charge in [-0.05, 0) is 24.3 Å². The van der Waals surface area contributed by atoms with Crippen molar-refractivity contribution < 1.29 is 28.7 Å². The number of aromatic nitrogens is 1. The van der Waals surface area contributed by atoms with Crippen LogP contribution in [0.25, 0.3) is 22.6 Å². The van der Waals surface area contributed by atoms with E-state index in [1.54, 1.807) is 6.07 Å². The van der Waals surface area contributed by atoms with E-state index in [9.17, 15) is 19.4 Å². The first-order chi connectivity index (χ1) is 11.5. The van der Waals surface area contributed by atoms with Gasteiger partial charge in [0.25, 0.3) is 0 Å². The van der Waals surface area contributed by atoms with Crippen LogP contribution in [0.3, 0.4) is 0 Å². The maximum atomic E-state index is 13.7. The molecule has 0 unspecified atom stereocenters. The van der Waals surface area contributed by atoms with Gasteiger partial charge in [0.15, 0.2) is 10.7 Å². The first-order valence-corrected chi connectivity index (χ1v) is 8.88. The van der Waals surface area contributed by atoms with Crippen LogP contribution in [0.15, 0.2) is 64.0 Å². The van der Waals surface area contributed by atoms with Crippen molar-refractivity contribution in [2.24, 2.45) is 0 Å². The first kappa shape index (κ1) is 17.3. The second-order valence-electron chi connectivity index (χ2n) is 5.25. The molecule has 0 radical (unpaired) electrons. The third kappa shape index (κ3) is 3.46. The zero-order valence-electron chi connectivity index (χ0n) is 12.8. The van der Waals surface area contributed by atoms with E-state index < -0.39 is 26.6 Å². The van der Waals surface area contributed by atoms with E-state index in [0.717, 1.165) is 0 Å². The van der Waals surface area contributed by atoms with Gasteiger partial charge in [-0.25, -0.2) is 0 Å². The summed E-state index contributed by atoms with van der Waals surface area (Å²) in [5, 5.41) is 3.29. The molecule has 1 heterocycles. The second kappa shape index (κ2) is 4.98. The molecule has 134 valence electrons. The number of ether oxygens (including phenoxy) is 1. The fourth-order valence-corrected chi connectivity index (χ4v) is 3.37. The lowest BCUT2D eigenvalue weighted by molar-refractivity contribution is 0.362. The van der Waals surface area contributed by atoms with Crippen LogP contribution in [0.2, 0.25) is 0 Å². The van der Waals surface area contributed by atoms with Crippen LogP contribution in [-0.2, 0) is 0 Å². The van der Waals surface area contributed by atoms with Crippen LogP contribution in [0, 0.1) is 0 Å². The second-order valence-corrected chi connectivity index (χ2v) is 7.60. The predicted octanol–water partition coefficient (Wildman–Crippen LogP) is 6.67. The lowest BCUT2D eigenvalue weighted by atomic mass is 10.1. The Balaban J connectivity index is 2.29. The van der Waals surface area contributed by atoms with Crippen LogP contribution in [0.1, 0.15) is 0 Å². The molecule has 0 atom stereocenters. The molecule has 0 saturated heterocycles. The van der Waals surface area contributed by atoms with Crippen molar-refractivity contribution in [1.82, 2.24) is 5.16 Å². The summed E-state index contributed by atoms with van der Waals surface area (Å²) in [4.78, 5) is -2.13. The molecule has 0 bridgehead atoms.